The molecule has 4 aliphatic rings. The number of pyridine rings is 1. The van der Waals surface area contributed by atoms with E-state index in [1.807, 2.05) is 12.3 Å². The highest BCUT2D eigenvalue weighted by Crippen LogP contribution is 2.61. The molecule has 32 heavy (non-hydrogen) atoms. The molecule has 0 amide bonds. The van der Waals surface area contributed by atoms with E-state index < -0.39 is 0 Å². The molecule has 3 N–H and O–H groups in total. The molecule has 2 heterocycles. The third-order valence-electron chi connectivity index (χ3n) is 8.67. The number of aryl methyl sites for hydroxylation is 1. The molecule has 1 aromatic carbocycles. The lowest BCUT2D eigenvalue weighted by atomic mass is 9.48. The lowest BCUT2D eigenvalue weighted by Gasteiger charge is -2.57. The topological polar surface area (TPSA) is 63.9 Å². The SMILES string of the molecule is COc1ccc(-c2[nH]c3ccc(C45CC6CC(CC(C6)C4)C5)cc3c2CCCCN)cn1. The quantitative estimate of drug-likeness (QED) is 0.454. The number of nitrogens with zero attached hydrogens (tertiary/aromatic N) is 1. The van der Waals surface area contributed by atoms with Crippen LogP contribution in [0, 0.1) is 17.8 Å². The van der Waals surface area contributed by atoms with Crippen LogP contribution in [0.5, 0.6) is 5.88 Å². The smallest absolute Gasteiger partial charge is 0.212 e. The van der Waals surface area contributed by atoms with Gasteiger partial charge in [0.15, 0.2) is 0 Å². The van der Waals surface area contributed by atoms with Crippen LogP contribution >= 0.6 is 0 Å². The van der Waals surface area contributed by atoms with Gasteiger partial charge in [-0.1, -0.05) is 6.07 Å². The Labute approximate surface area is 191 Å². The number of hydrogen-bond acceptors (Lipinski definition) is 3. The van der Waals surface area contributed by atoms with Crippen molar-refractivity contribution in [3.05, 3.63) is 47.7 Å². The van der Waals surface area contributed by atoms with E-state index in [4.69, 9.17) is 10.5 Å². The molecular weight excluding hydrogens is 394 g/mol. The summed E-state index contributed by atoms with van der Waals surface area (Å²) in [6.45, 7) is 0.750. The van der Waals surface area contributed by atoms with Gasteiger partial charge in [0.2, 0.25) is 5.88 Å². The fourth-order valence-electron chi connectivity index (χ4n) is 7.64. The highest BCUT2D eigenvalue weighted by atomic mass is 16.5. The summed E-state index contributed by atoms with van der Waals surface area (Å²) in [7, 11) is 1.66. The van der Waals surface area contributed by atoms with Gasteiger partial charge in [-0.2, -0.15) is 0 Å². The average Bonchev–Trinajstić information content (AvgIpc) is 3.16. The Kier molecular flexibility index (Phi) is 5.02. The number of nitrogens with one attached hydrogen (secondary N) is 1. The van der Waals surface area contributed by atoms with Crippen molar-refractivity contribution in [2.24, 2.45) is 23.5 Å². The van der Waals surface area contributed by atoms with Crippen LogP contribution in [-0.4, -0.2) is 23.6 Å². The third kappa shape index (κ3) is 3.35. The number of ether oxygens (including phenoxy) is 1. The first-order valence-corrected chi connectivity index (χ1v) is 12.5. The van der Waals surface area contributed by atoms with Gasteiger partial charge >= 0.3 is 0 Å². The Bertz CT molecular complexity index is 1080. The van der Waals surface area contributed by atoms with Crippen molar-refractivity contribution in [3.8, 4) is 17.1 Å². The highest BCUT2D eigenvalue weighted by Gasteiger charge is 2.51. The Morgan fingerprint density at radius 3 is 2.41 bits per heavy atom. The molecule has 0 aliphatic heterocycles. The average molecular weight is 430 g/mol. The predicted octanol–water partition coefficient (Wildman–Crippen LogP) is 5.99. The molecule has 0 saturated heterocycles. The van der Waals surface area contributed by atoms with Crippen LogP contribution in [0.4, 0.5) is 0 Å². The number of nitrogens with two attached hydrogens (primary N) is 1. The van der Waals surface area contributed by atoms with Crippen molar-refractivity contribution in [2.45, 2.75) is 63.2 Å². The van der Waals surface area contributed by atoms with Gasteiger partial charge in [0.05, 0.1) is 12.8 Å². The summed E-state index contributed by atoms with van der Waals surface area (Å²) in [5.41, 5.74) is 12.8. The molecule has 4 aliphatic carbocycles. The van der Waals surface area contributed by atoms with E-state index in [-0.39, 0.29) is 0 Å². The minimum Gasteiger partial charge on any atom is -0.481 e. The maximum Gasteiger partial charge on any atom is 0.212 e. The second-order valence-electron chi connectivity index (χ2n) is 10.8. The van der Waals surface area contributed by atoms with E-state index in [0.29, 0.717) is 11.3 Å². The second-order valence-corrected chi connectivity index (χ2v) is 10.8. The van der Waals surface area contributed by atoms with Crippen LogP contribution in [-0.2, 0) is 11.8 Å². The maximum atomic E-state index is 5.82. The van der Waals surface area contributed by atoms with Gasteiger partial charge in [-0.15, -0.1) is 0 Å². The van der Waals surface area contributed by atoms with Crippen LogP contribution in [0.3, 0.4) is 0 Å². The summed E-state index contributed by atoms with van der Waals surface area (Å²) in [6, 6.07) is 11.4. The third-order valence-corrected chi connectivity index (χ3v) is 8.67. The summed E-state index contributed by atoms with van der Waals surface area (Å²) in [5.74, 6) is 3.55. The Hall–Kier alpha value is -2.33. The van der Waals surface area contributed by atoms with Crippen LogP contribution in [0.1, 0.15) is 62.5 Å². The van der Waals surface area contributed by atoms with E-state index in [1.165, 1.54) is 60.7 Å². The molecule has 0 spiro atoms. The molecule has 4 heteroatoms. The molecule has 4 fully saturated rings. The molecule has 0 radical (unpaired) electrons. The van der Waals surface area contributed by atoms with Crippen LogP contribution in [0.2, 0.25) is 0 Å². The summed E-state index contributed by atoms with van der Waals surface area (Å²) < 4.78 is 5.27. The van der Waals surface area contributed by atoms with E-state index in [9.17, 15) is 0 Å². The lowest BCUT2D eigenvalue weighted by Crippen LogP contribution is -2.48. The number of hydrogen-bond donors (Lipinski definition) is 2. The predicted molar refractivity (Wildman–Crippen MR) is 130 cm³/mol. The zero-order valence-electron chi connectivity index (χ0n) is 19.2. The zero-order valence-corrected chi connectivity index (χ0v) is 19.2. The van der Waals surface area contributed by atoms with E-state index in [0.717, 1.165) is 49.1 Å². The van der Waals surface area contributed by atoms with Crippen molar-refractivity contribution in [2.75, 3.05) is 13.7 Å². The van der Waals surface area contributed by atoms with Crippen molar-refractivity contribution in [3.63, 3.8) is 0 Å². The molecule has 7 rings (SSSR count). The number of methoxy groups -OCH3 is 1. The maximum absolute atomic E-state index is 5.82. The minimum atomic E-state index is 0.427. The molecule has 0 unspecified atom stereocenters. The van der Waals surface area contributed by atoms with Gasteiger partial charge in [-0.25, -0.2) is 4.98 Å². The molecule has 168 valence electrons. The summed E-state index contributed by atoms with van der Waals surface area (Å²) in [4.78, 5) is 8.20. The van der Waals surface area contributed by atoms with Gasteiger partial charge in [-0.3, -0.25) is 0 Å². The fourth-order valence-corrected chi connectivity index (χ4v) is 7.64. The van der Waals surface area contributed by atoms with Gasteiger partial charge in [0.1, 0.15) is 0 Å². The largest absolute Gasteiger partial charge is 0.481 e. The number of fused-ring (bicyclic) bond motifs is 1. The van der Waals surface area contributed by atoms with Crippen molar-refractivity contribution >= 4 is 10.9 Å². The van der Waals surface area contributed by atoms with E-state index in [1.54, 1.807) is 12.7 Å². The number of aromatic amines is 1. The molecule has 4 bridgehead atoms. The zero-order chi connectivity index (χ0) is 21.7. The minimum absolute atomic E-state index is 0.427. The number of unbranched alkanes of at least 4 members (excludes halogenated alkanes) is 1. The first-order chi connectivity index (χ1) is 15.7. The fraction of sp³-hybridized carbons (Fsp3) is 0.536. The van der Waals surface area contributed by atoms with Gasteiger partial charge in [-0.05, 0) is 117 Å². The standard InChI is InChI=1S/C28H35N3O/c1-32-26-8-5-21(17-30-26)27-23(4-2-3-9-29)24-13-22(6-7-25(24)31-27)28-14-18-10-19(15-28)12-20(11-18)16-28/h5-8,13,17-20,31H,2-4,9-12,14-16,29H2,1H3. The number of H-pyrrole nitrogens is 1. The molecule has 3 aromatic rings. The summed E-state index contributed by atoms with van der Waals surface area (Å²) >= 11 is 0. The van der Waals surface area contributed by atoms with Crippen molar-refractivity contribution in [1.82, 2.24) is 9.97 Å². The number of rotatable bonds is 7. The monoisotopic (exact) mass is 429 g/mol. The van der Waals surface area contributed by atoms with Gasteiger partial charge in [0, 0.05) is 28.7 Å². The first kappa shape index (κ1) is 20.3. The normalized spacial score (nSPS) is 28.5. The van der Waals surface area contributed by atoms with Crippen molar-refractivity contribution < 1.29 is 4.74 Å². The first-order valence-electron chi connectivity index (χ1n) is 12.5. The lowest BCUT2D eigenvalue weighted by molar-refractivity contribution is -0.00513. The highest BCUT2D eigenvalue weighted by molar-refractivity contribution is 5.91. The molecule has 4 nitrogen and oxygen atoms in total. The molecule has 2 aromatic heterocycles. The number of aromatic nitrogens is 2. The second kappa shape index (κ2) is 7.91. The number of benzene rings is 1. The van der Waals surface area contributed by atoms with Crippen LogP contribution in [0.15, 0.2) is 36.5 Å². The van der Waals surface area contributed by atoms with Gasteiger partial charge in [0.25, 0.3) is 0 Å². The molecular formula is C28H35N3O. The van der Waals surface area contributed by atoms with Crippen LogP contribution < -0.4 is 10.5 Å². The Balaban J connectivity index is 1.43. The van der Waals surface area contributed by atoms with E-state index >= 15 is 0 Å². The summed E-state index contributed by atoms with van der Waals surface area (Å²) in [6.07, 6.45) is 13.8. The van der Waals surface area contributed by atoms with E-state index in [2.05, 4.69) is 34.2 Å². The van der Waals surface area contributed by atoms with Crippen molar-refractivity contribution in [1.29, 1.82) is 0 Å². The molecule has 4 saturated carbocycles. The Morgan fingerprint density at radius 2 is 1.78 bits per heavy atom. The van der Waals surface area contributed by atoms with Crippen LogP contribution in [0.25, 0.3) is 22.2 Å². The molecule has 0 atom stereocenters. The van der Waals surface area contributed by atoms with Gasteiger partial charge < -0.3 is 15.5 Å². The summed E-state index contributed by atoms with van der Waals surface area (Å²) in [5, 5.41) is 1.40. The Morgan fingerprint density at radius 1 is 1.03 bits per heavy atom.